The first-order chi connectivity index (χ1) is 6.27. The molecule has 2 rings (SSSR count). The summed E-state index contributed by atoms with van der Waals surface area (Å²) in [6.07, 6.45) is 3.64. The van der Waals surface area contributed by atoms with Crippen molar-refractivity contribution in [3.05, 3.63) is 24.3 Å². The van der Waals surface area contributed by atoms with Gasteiger partial charge in [-0.15, -0.1) is 0 Å². The molecule has 1 aliphatic rings. The van der Waals surface area contributed by atoms with Crippen LogP contribution in [0.25, 0.3) is 0 Å². The smallest absolute Gasteiger partial charge is 0.133 e. The van der Waals surface area contributed by atoms with Gasteiger partial charge in [-0.25, -0.2) is 9.97 Å². The van der Waals surface area contributed by atoms with Gasteiger partial charge >= 0.3 is 0 Å². The van der Waals surface area contributed by atoms with Crippen LogP contribution in [0.3, 0.4) is 0 Å². The fourth-order valence-electron chi connectivity index (χ4n) is 1.62. The van der Waals surface area contributed by atoms with Gasteiger partial charge in [0.1, 0.15) is 5.82 Å². The van der Waals surface area contributed by atoms with E-state index in [1.807, 2.05) is 18.5 Å². The van der Waals surface area contributed by atoms with E-state index in [0.29, 0.717) is 12.0 Å². The van der Waals surface area contributed by atoms with Crippen molar-refractivity contribution >= 4 is 0 Å². The van der Waals surface area contributed by atoms with E-state index in [4.69, 9.17) is 0 Å². The maximum atomic E-state index is 4.26. The Morgan fingerprint density at radius 2 is 1.92 bits per heavy atom. The Labute approximate surface area is 78.8 Å². The fourth-order valence-corrected chi connectivity index (χ4v) is 1.62. The average molecular weight is 177 g/mol. The van der Waals surface area contributed by atoms with Crippen LogP contribution in [0, 0.1) is 0 Å². The van der Waals surface area contributed by atoms with Crippen LogP contribution >= 0.6 is 0 Å². The molecule has 13 heavy (non-hydrogen) atoms. The number of likely N-dealkylation sites (tertiary alicyclic amines) is 1. The Balaban J connectivity index is 1.94. The van der Waals surface area contributed by atoms with Gasteiger partial charge in [0, 0.05) is 37.4 Å². The minimum Gasteiger partial charge on any atom is -0.299 e. The molecule has 0 radical (unpaired) electrons. The van der Waals surface area contributed by atoms with Crippen molar-refractivity contribution in [1.82, 2.24) is 14.9 Å². The van der Waals surface area contributed by atoms with E-state index in [1.54, 1.807) is 0 Å². The highest BCUT2D eigenvalue weighted by molar-refractivity contribution is 5.04. The zero-order valence-electron chi connectivity index (χ0n) is 8.14. The first kappa shape index (κ1) is 8.63. The van der Waals surface area contributed by atoms with Gasteiger partial charge in [-0.3, -0.25) is 4.90 Å². The molecule has 0 N–H and O–H groups in total. The number of rotatable bonds is 2. The lowest BCUT2D eigenvalue weighted by Crippen LogP contribution is -2.49. The van der Waals surface area contributed by atoms with Crippen molar-refractivity contribution in [1.29, 1.82) is 0 Å². The molecule has 0 spiro atoms. The molecule has 1 aromatic heterocycles. The lowest BCUT2D eigenvalue weighted by atomic mass is 9.97. The SMILES string of the molecule is CC(C)N1CC(c2ncccn2)C1. The molecule has 1 aromatic rings. The van der Waals surface area contributed by atoms with Crippen molar-refractivity contribution in [2.75, 3.05) is 13.1 Å². The fraction of sp³-hybridized carbons (Fsp3) is 0.600. The molecule has 0 bridgehead atoms. The molecule has 0 atom stereocenters. The first-order valence-corrected chi connectivity index (χ1v) is 4.78. The van der Waals surface area contributed by atoms with Gasteiger partial charge in [0.2, 0.25) is 0 Å². The van der Waals surface area contributed by atoms with Crippen LogP contribution in [0.5, 0.6) is 0 Å². The zero-order valence-corrected chi connectivity index (χ0v) is 8.14. The number of nitrogens with zero attached hydrogens (tertiary/aromatic N) is 3. The van der Waals surface area contributed by atoms with E-state index in [2.05, 4.69) is 28.7 Å². The minimum atomic E-state index is 0.559. The van der Waals surface area contributed by atoms with Gasteiger partial charge in [-0.1, -0.05) is 0 Å². The molecule has 2 heterocycles. The highest BCUT2D eigenvalue weighted by Gasteiger charge is 2.31. The summed E-state index contributed by atoms with van der Waals surface area (Å²) in [5.74, 6) is 1.56. The third-order valence-corrected chi connectivity index (χ3v) is 2.59. The van der Waals surface area contributed by atoms with E-state index < -0.39 is 0 Å². The molecule has 0 aliphatic carbocycles. The van der Waals surface area contributed by atoms with E-state index in [9.17, 15) is 0 Å². The van der Waals surface area contributed by atoms with Crippen LogP contribution in [0.15, 0.2) is 18.5 Å². The van der Waals surface area contributed by atoms with Crippen LogP contribution in [-0.4, -0.2) is 34.0 Å². The van der Waals surface area contributed by atoms with Crippen molar-refractivity contribution < 1.29 is 0 Å². The lowest BCUT2D eigenvalue weighted by Gasteiger charge is -2.41. The summed E-state index contributed by atoms with van der Waals surface area (Å²) in [7, 11) is 0. The van der Waals surface area contributed by atoms with Gasteiger partial charge in [-0.05, 0) is 19.9 Å². The van der Waals surface area contributed by atoms with Crippen LogP contribution in [0.2, 0.25) is 0 Å². The van der Waals surface area contributed by atoms with Crippen LogP contribution in [-0.2, 0) is 0 Å². The van der Waals surface area contributed by atoms with Gasteiger partial charge in [0.15, 0.2) is 0 Å². The normalized spacial score (nSPS) is 19.0. The minimum absolute atomic E-state index is 0.559. The average Bonchev–Trinajstić information content (AvgIpc) is 2.02. The van der Waals surface area contributed by atoms with Gasteiger partial charge in [0.05, 0.1) is 0 Å². The van der Waals surface area contributed by atoms with Gasteiger partial charge in [0.25, 0.3) is 0 Å². The molecule has 70 valence electrons. The molecule has 1 saturated heterocycles. The quantitative estimate of drug-likeness (QED) is 0.681. The predicted octanol–water partition coefficient (Wildman–Crippen LogP) is 1.28. The van der Waals surface area contributed by atoms with E-state index >= 15 is 0 Å². The summed E-state index contributed by atoms with van der Waals surface area (Å²) >= 11 is 0. The summed E-state index contributed by atoms with van der Waals surface area (Å²) in [5, 5.41) is 0. The van der Waals surface area contributed by atoms with Crippen molar-refractivity contribution in [2.24, 2.45) is 0 Å². The summed E-state index contributed by atoms with van der Waals surface area (Å²) < 4.78 is 0. The van der Waals surface area contributed by atoms with Crippen LogP contribution in [0.4, 0.5) is 0 Å². The first-order valence-electron chi connectivity index (χ1n) is 4.78. The largest absolute Gasteiger partial charge is 0.299 e. The molecule has 1 aliphatic heterocycles. The standard InChI is InChI=1S/C10H15N3/c1-8(2)13-6-9(7-13)10-11-4-3-5-12-10/h3-5,8-9H,6-7H2,1-2H3. The maximum absolute atomic E-state index is 4.26. The summed E-state index contributed by atoms with van der Waals surface area (Å²) in [6.45, 7) is 6.67. The maximum Gasteiger partial charge on any atom is 0.133 e. The Kier molecular flexibility index (Phi) is 2.27. The second kappa shape index (κ2) is 3.42. The zero-order chi connectivity index (χ0) is 9.26. The monoisotopic (exact) mass is 177 g/mol. The molecule has 0 amide bonds. The van der Waals surface area contributed by atoms with Gasteiger partial charge < -0.3 is 0 Å². The third kappa shape index (κ3) is 1.70. The molecule has 0 saturated carbocycles. The summed E-state index contributed by atoms with van der Waals surface area (Å²) in [6, 6.07) is 2.52. The van der Waals surface area contributed by atoms with E-state index in [1.165, 1.54) is 0 Å². The van der Waals surface area contributed by atoms with Gasteiger partial charge in [-0.2, -0.15) is 0 Å². The van der Waals surface area contributed by atoms with Crippen LogP contribution in [0.1, 0.15) is 25.6 Å². The third-order valence-electron chi connectivity index (χ3n) is 2.59. The summed E-state index contributed by atoms with van der Waals surface area (Å²) in [5.41, 5.74) is 0. The van der Waals surface area contributed by atoms with E-state index in [-0.39, 0.29) is 0 Å². The molecule has 0 unspecified atom stereocenters. The number of aromatic nitrogens is 2. The highest BCUT2D eigenvalue weighted by atomic mass is 15.2. The van der Waals surface area contributed by atoms with Crippen molar-refractivity contribution in [3.8, 4) is 0 Å². The molecular formula is C10H15N3. The number of hydrogen-bond donors (Lipinski definition) is 0. The predicted molar refractivity (Wildman–Crippen MR) is 51.5 cm³/mol. The molecule has 1 fully saturated rings. The molecule has 3 heteroatoms. The highest BCUT2D eigenvalue weighted by Crippen LogP contribution is 2.25. The molecule has 3 nitrogen and oxygen atoms in total. The lowest BCUT2D eigenvalue weighted by molar-refractivity contribution is 0.105. The Morgan fingerprint density at radius 3 is 2.46 bits per heavy atom. The van der Waals surface area contributed by atoms with Crippen molar-refractivity contribution in [2.45, 2.75) is 25.8 Å². The topological polar surface area (TPSA) is 29.0 Å². The summed E-state index contributed by atoms with van der Waals surface area (Å²) in [4.78, 5) is 10.9. The second-order valence-electron chi connectivity index (χ2n) is 3.85. The second-order valence-corrected chi connectivity index (χ2v) is 3.85. The molecular weight excluding hydrogens is 162 g/mol. The Morgan fingerprint density at radius 1 is 1.31 bits per heavy atom. The number of hydrogen-bond acceptors (Lipinski definition) is 3. The van der Waals surface area contributed by atoms with Crippen LogP contribution < -0.4 is 0 Å². The Bertz CT molecular complexity index is 265. The molecule has 0 aromatic carbocycles. The Hall–Kier alpha value is -0.960. The van der Waals surface area contributed by atoms with Crippen molar-refractivity contribution in [3.63, 3.8) is 0 Å². The van der Waals surface area contributed by atoms with E-state index in [0.717, 1.165) is 18.9 Å².